The maximum Gasteiger partial charge on any atom is 0.354 e. The quantitative estimate of drug-likeness (QED) is 0.795. The number of halogens is 4. The molecular weight excluding hydrogens is 258 g/mol. The zero-order valence-electron chi connectivity index (χ0n) is 9.12. The molecule has 5 nitrogen and oxygen atoms in total. The Bertz CT molecular complexity index is 453. The normalized spacial score (nSPS) is 11.7. The Balaban J connectivity index is 2.83. The zero-order valence-corrected chi connectivity index (χ0v) is 9.12. The second-order valence-corrected chi connectivity index (χ2v) is 3.44. The van der Waals surface area contributed by atoms with E-state index in [0.717, 1.165) is 6.07 Å². The summed E-state index contributed by atoms with van der Waals surface area (Å²) < 4.78 is 49.0. The molecule has 1 aromatic rings. The van der Waals surface area contributed by atoms with Crippen LogP contribution >= 0.6 is 0 Å². The lowest BCUT2D eigenvalue weighted by Gasteiger charge is -2.15. The van der Waals surface area contributed by atoms with Gasteiger partial charge in [-0.2, -0.15) is 8.78 Å². The van der Waals surface area contributed by atoms with Crippen molar-refractivity contribution in [1.29, 1.82) is 0 Å². The van der Waals surface area contributed by atoms with Gasteiger partial charge < -0.3 is 10.4 Å². The van der Waals surface area contributed by atoms with Crippen LogP contribution in [0.4, 0.5) is 23.5 Å². The molecular formula is C9H9F4N3O2. The van der Waals surface area contributed by atoms with E-state index in [0.29, 0.717) is 0 Å². The van der Waals surface area contributed by atoms with Gasteiger partial charge in [0.1, 0.15) is 0 Å². The highest BCUT2D eigenvalue weighted by Crippen LogP contribution is 2.22. The van der Waals surface area contributed by atoms with Gasteiger partial charge in [-0.15, -0.1) is 0 Å². The van der Waals surface area contributed by atoms with Gasteiger partial charge in [0.05, 0.1) is 6.54 Å². The minimum Gasteiger partial charge on any atom is -0.477 e. The molecule has 0 saturated carbocycles. The Hall–Kier alpha value is -1.93. The van der Waals surface area contributed by atoms with Crippen LogP contribution in [0.15, 0.2) is 6.07 Å². The molecule has 1 rings (SSSR count). The summed E-state index contributed by atoms with van der Waals surface area (Å²) in [5.74, 6) is -6.05. The number of carbonyl (C=O) groups is 1. The number of aryl methyl sites for hydroxylation is 1. The molecule has 0 atom stereocenters. The van der Waals surface area contributed by atoms with E-state index in [9.17, 15) is 22.4 Å². The van der Waals surface area contributed by atoms with Crippen molar-refractivity contribution in [1.82, 2.24) is 9.97 Å². The van der Waals surface area contributed by atoms with Crippen LogP contribution in [0.25, 0.3) is 0 Å². The maximum absolute atomic E-state index is 12.6. The van der Waals surface area contributed by atoms with Crippen molar-refractivity contribution in [2.24, 2.45) is 0 Å². The van der Waals surface area contributed by atoms with Gasteiger partial charge in [0.15, 0.2) is 5.69 Å². The van der Waals surface area contributed by atoms with E-state index >= 15 is 0 Å². The van der Waals surface area contributed by atoms with Crippen molar-refractivity contribution in [3.63, 3.8) is 0 Å². The fraction of sp³-hybridized carbons (Fsp3) is 0.444. The Morgan fingerprint density at radius 1 is 1.50 bits per heavy atom. The van der Waals surface area contributed by atoms with Crippen molar-refractivity contribution in [2.45, 2.75) is 19.3 Å². The summed E-state index contributed by atoms with van der Waals surface area (Å²) in [5.41, 5.74) is -0.198. The van der Waals surface area contributed by atoms with Gasteiger partial charge in [-0.05, 0) is 13.0 Å². The summed E-state index contributed by atoms with van der Waals surface area (Å²) in [6.45, 7) is 0.0394. The molecule has 0 unspecified atom stereocenters. The van der Waals surface area contributed by atoms with Crippen LogP contribution in [0.1, 0.15) is 16.2 Å². The van der Waals surface area contributed by atoms with Crippen LogP contribution in [0.5, 0.6) is 0 Å². The molecule has 0 aromatic carbocycles. The molecule has 0 saturated heterocycles. The lowest BCUT2D eigenvalue weighted by atomic mass is 10.3. The lowest BCUT2D eigenvalue weighted by Crippen LogP contribution is -2.35. The summed E-state index contributed by atoms with van der Waals surface area (Å²) in [4.78, 5) is 17.6. The van der Waals surface area contributed by atoms with Crippen LogP contribution in [0, 0.1) is 6.92 Å². The molecule has 100 valence electrons. The maximum atomic E-state index is 12.6. The predicted octanol–water partition coefficient (Wildman–Crippen LogP) is 1.80. The number of aromatic nitrogens is 2. The van der Waals surface area contributed by atoms with Gasteiger partial charge >= 0.3 is 18.3 Å². The molecule has 0 radical (unpaired) electrons. The van der Waals surface area contributed by atoms with E-state index < -0.39 is 36.5 Å². The highest BCUT2D eigenvalue weighted by atomic mass is 19.3. The van der Waals surface area contributed by atoms with Crippen LogP contribution in [-0.4, -0.2) is 39.9 Å². The number of hydrogen-bond donors (Lipinski definition) is 2. The van der Waals surface area contributed by atoms with Gasteiger partial charge in [-0.1, -0.05) is 0 Å². The highest BCUT2D eigenvalue weighted by Gasteiger charge is 2.40. The van der Waals surface area contributed by atoms with Crippen molar-refractivity contribution in [3.8, 4) is 0 Å². The summed E-state index contributed by atoms with van der Waals surface area (Å²) in [7, 11) is 0. The Labute approximate surface area is 98.9 Å². The largest absolute Gasteiger partial charge is 0.477 e. The third-order valence-corrected chi connectivity index (χ3v) is 1.87. The molecule has 0 amide bonds. The van der Waals surface area contributed by atoms with Gasteiger partial charge in [0.2, 0.25) is 5.95 Å². The monoisotopic (exact) mass is 267 g/mol. The summed E-state index contributed by atoms with van der Waals surface area (Å²) >= 11 is 0. The first kappa shape index (κ1) is 14.1. The number of alkyl halides is 4. The minimum atomic E-state index is -4.24. The summed E-state index contributed by atoms with van der Waals surface area (Å²) in [6.07, 6.45) is -3.83. The first-order chi connectivity index (χ1) is 8.22. The van der Waals surface area contributed by atoms with Gasteiger partial charge in [0.25, 0.3) is 0 Å². The van der Waals surface area contributed by atoms with Crippen molar-refractivity contribution < 1.29 is 27.5 Å². The van der Waals surface area contributed by atoms with Crippen molar-refractivity contribution in [3.05, 3.63) is 17.5 Å². The molecule has 0 fully saturated rings. The first-order valence-corrected chi connectivity index (χ1v) is 4.71. The van der Waals surface area contributed by atoms with Crippen LogP contribution in [0.2, 0.25) is 0 Å². The van der Waals surface area contributed by atoms with Gasteiger partial charge in [-0.25, -0.2) is 23.5 Å². The van der Waals surface area contributed by atoms with E-state index in [2.05, 4.69) is 9.97 Å². The molecule has 0 bridgehead atoms. The third kappa shape index (κ3) is 3.54. The molecule has 9 heteroatoms. The van der Waals surface area contributed by atoms with Gasteiger partial charge in [0, 0.05) is 5.69 Å². The van der Waals surface area contributed by atoms with Gasteiger partial charge in [-0.3, -0.25) is 0 Å². The predicted molar refractivity (Wildman–Crippen MR) is 53.2 cm³/mol. The van der Waals surface area contributed by atoms with E-state index in [1.54, 1.807) is 0 Å². The molecule has 0 aliphatic carbocycles. The average Bonchev–Trinajstić information content (AvgIpc) is 2.25. The number of carboxylic acid groups (broad SMARTS) is 1. The summed E-state index contributed by atoms with van der Waals surface area (Å²) in [6, 6.07) is 1.12. The zero-order chi connectivity index (χ0) is 13.9. The van der Waals surface area contributed by atoms with E-state index in [4.69, 9.17) is 5.11 Å². The Morgan fingerprint density at radius 2 is 2.11 bits per heavy atom. The second-order valence-electron chi connectivity index (χ2n) is 3.44. The molecule has 1 heterocycles. The topological polar surface area (TPSA) is 75.1 Å². The highest BCUT2D eigenvalue weighted by molar-refractivity contribution is 5.85. The molecule has 1 aromatic heterocycles. The molecule has 2 N–H and O–H groups in total. The standard InChI is InChI=1S/C9H9F4N3O2/c1-4-2-5(6(17)18)16-8(15-4)14-3-9(12,13)7(10)11/h2,7H,3H2,1H3,(H,17,18)(H,14,15,16). The Kier molecular flexibility index (Phi) is 4.04. The van der Waals surface area contributed by atoms with E-state index in [1.165, 1.54) is 6.92 Å². The fourth-order valence-electron chi connectivity index (χ4n) is 1.03. The average molecular weight is 267 g/mol. The number of rotatable bonds is 5. The van der Waals surface area contributed by atoms with Crippen molar-refractivity contribution in [2.75, 3.05) is 11.9 Å². The van der Waals surface area contributed by atoms with E-state index in [1.807, 2.05) is 5.32 Å². The number of anilines is 1. The number of hydrogen-bond acceptors (Lipinski definition) is 4. The number of aromatic carboxylic acids is 1. The molecule has 0 aliphatic heterocycles. The van der Waals surface area contributed by atoms with Crippen LogP contribution in [-0.2, 0) is 0 Å². The smallest absolute Gasteiger partial charge is 0.354 e. The Morgan fingerprint density at radius 3 is 2.61 bits per heavy atom. The lowest BCUT2D eigenvalue weighted by molar-refractivity contribution is -0.117. The van der Waals surface area contributed by atoms with E-state index in [-0.39, 0.29) is 5.69 Å². The SMILES string of the molecule is Cc1cc(C(=O)O)nc(NCC(F)(F)C(F)F)n1. The number of nitrogens with zero attached hydrogens (tertiary/aromatic N) is 2. The van der Waals surface area contributed by atoms with Crippen LogP contribution in [0.3, 0.4) is 0 Å². The molecule has 0 spiro atoms. The first-order valence-electron chi connectivity index (χ1n) is 4.71. The summed E-state index contributed by atoms with van der Waals surface area (Å²) in [5, 5.41) is 10.6. The molecule has 0 aliphatic rings. The molecule has 18 heavy (non-hydrogen) atoms. The third-order valence-electron chi connectivity index (χ3n) is 1.87. The minimum absolute atomic E-state index is 0.213. The fourth-order valence-corrected chi connectivity index (χ4v) is 1.03. The van der Waals surface area contributed by atoms with Crippen molar-refractivity contribution >= 4 is 11.9 Å². The van der Waals surface area contributed by atoms with Crippen LogP contribution < -0.4 is 5.32 Å². The number of carboxylic acids is 1. The second kappa shape index (κ2) is 5.15. The number of nitrogens with one attached hydrogen (secondary N) is 1.